The van der Waals surface area contributed by atoms with E-state index >= 15 is 0 Å². The minimum atomic E-state index is -2.84. The fraction of sp³-hybridized carbons (Fsp3) is 0.514. The van der Waals surface area contributed by atoms with Crippen LogP contribution in [0.3, 0.4) is 0 Å². The van der Waals surface area contributed by atoms with Crippen LogP contribution in [0, 0.1) is 22.7 Å². The summed E-state index contributed by atoms with van der Waals surface area (Å²) in [7, 11) is 4.70. The molecule has 1 amide bonds. The van der Waals surface area contributed by atoms with E-state index in [0.29, 0.717) is 16.9 Å². The number of nitrogens with two attached hydrogens (primary N) is 1. The van der Waals surface area contributed by atoms with E-state index in [1.54, 1.807) is 34.2 Å². The molecule has 0 bridgehead atoms. The zero-order chi connectivity index (χ0) is 33.5. The van der Waals surface area contributed by atoms with Crippen molar-refractivity contribution >= 4 is 29.0 Å². The number of ketones is 4. The van der Waals surface area contributed by atoms with Crippen LogP contribution in [0.4, 0.5) is 0 Å². The summed E-state index contributed by atoms with van der Waals surface area (Å²) in [6.07, 6.45) is 2.35. The monoisotopic (exact) mass is 631 g/mol. The van der Waals surface area contributed by atoms with Gasteiger partial charge in [-0.1, -0.05) is 26.0 Å². The molecule has 4 N–H and O–H groups in total. The van der Waals surface area contributed by atoms with E-state index in [9.17, 15) is 34.2 Å². The van der Waals surface area contributed by atoms with Crippen molar-refractivity contribution in [2.24, 2.45) is 28.4 Å². The molecule has 11 nitrogen and oxygen atoms in total. The maximum Gasteiger partial charge on any atom is 0.235 e. The summed E-state index contributed by atoms with van der Waals surface area (Å²) in [6, 6.07) is 7.84. The molecule has 11 heteroatoms. The second kappa shape index (κ2) is 10.8. The highest BCUT2D eigenvalue weighted by molar-refractivity contribution is 6.33. The number of primary amides is 1. The third kappa shape index (κ3) is 4.31. The standard InChI is InChI=1S/C35H41N3O8/c1-33-15-21-19(20-14-18(8-11-23(20)46-5)16-38-12-6-7-13-38)9-10-22(39)24(21)27(40)26(33)31(43)35(45)30(42)25(32(36)44)28(41)29(37(3)4)34(35,2)17-33/h8-11,14,25-26,29,39,45H,6-7,12-13,15-17H2,1-5H3,(H2,36,44)/t25?,26?,29-,33+,34+,35-/m1/s1. The number of phenolic OH excluding ortho intramolecular Hbond substituents is 1. The second-order valence-corrected chi connectivity index (χ2v) is 14.3. The van der Waals surface area contributed by atoms with E-state index in [4.69, 9.17) is 10.5 Å². The molecule has 1 saturated heterocycles. The molecular formula is C35H41N3O8. The van der Waals surface area contributed by atoms with Gasteiger partial charge in [0, 0.05) is 17.5 Å². The van der Waals surface area contributed by atoms with Gasteiger partial charge in [0.05, 0.1) is 24.6 Å². The lowest BCUT2D eigenvalue weighted by Crippen LogP contribution is -2.79. The van der Waals surface area contributed by atoms with Gasteiger partial charge in [-0.3, -0.25) is 33.8 Å². The van der Waals surface area contributed by atoms with Crippen LogP contribution in [0.1, 0.15) is 54.6 Å². The first-order chi connectivity index (χ1) is 21.6. The lowest BCUT2D eigenvalue weighted by atomic mass is 9.42. The molecule has 0 spiro atoms. The van der Waals surface area contributed by atoms with E-state index < -0.39 is 63.3 Å². The molecule has 6 atom stereocenters. The Morgan fingerprint density at radius 2 is 1.72 bits per heavy atom. The molecule has 46 heavy (non-hydrogen) atoms. The van der Waals surface area contributed by atoms with Crippen molar-refractivity contribution in [3.63, 3.8) is 0 Å². The van der Waals surface area contributed by atoms with Gasteiger partial charge in [-0.2, -0.15) is 0 Å². The maximum absolute atomic E-state index is 14.5. The van der Waals surface area contributed by atoms with Crippen molar-refractivity contribution in [1.82, 2.24) is 9.80 Å². The fourth-order valence-corrected chi connectivity index (χ4v) is 9.23. The first-order valence-corrected chi connectivity index (χ1v) is 15.7. The van der Waals surface area contributed by atoms with Gasteiger partial charge >= 0.3 is 0 Å². The number of carbonyl (C=O) groups excluding carboxylic acids is 5. The number of likely N-dealkylation sites (N-methyl/N-ethyl adjacent to an activating group) is 1. The number of phenols is 1. The second-order valence-electron chi connectivity index (χ2n) is 14.3. The molecule has 6 rings (SSSR count). The smallest absolute Gasteiger partial charge is 0.235 e. The highest BCUT2D eigenvalue weighted by Crippen LogP contribution is 2.62. The first kappa shape index (κ1) is 32.0. The SMILES string of the molecule is COc1ccc(CN2CCCC2)cc1-c1ccc(O)c2c1C[C@@]1(C)C[C@@]3(C)[C@H](N(C)C)C(=O)C(C(N)=O)C(=O)[C@@]3(O)C(=O)C1C2=O. The molecule has 1 heterocycles. The molecular weight excluding hydrogens is 590 g/mol. The highest BCUT2D eigenvalue weighted by atomic mass is 16.5. The lowest BCUT2D eigenvalue weighted by molar-refractivity contribution is -0.203. The molecule has 244 valence electrons. The number of hydrogen-bond donors (Lipinski definition) is 3. The molecule has 2 saturated carbocycles. The Labute approximate surface area is 267 Å². The van der Waals surface area contributed by atoms with Crippen molar-refractivity contribution in [2.75, 3.05) is 34.3 Å². The summed E-state index contributed by atoms with van der Waals surface area (Å²) in [5, 5.41) is 23.2. The van der Waals surface area contributed by atoms with Crippen LogP contribution in [0.15, 0.2) is 30.3 Å². The third-order valence-electron chi connectivity index (χ3n) is 11.0. The number of rotatable bonds is 6. The summed E-state index contributed by atoms with van der Waals surface area (Å²) in [5.74, 6) is -8.45. The maximum atomic E-state index is 14.5. The number of amides is 1. The van der Waals surface area contributed by atoms with Crippen LogP contribution < -0.4 is 10.5 Å². The number of fused-ring (bicyclic) bond motifs is 3. The van der Waals surface area contributed by atoms with Gasteiger partial charge in [-0.25, -0.2) is 0 Å². The number of methoxy groups -OCH3 is 1. The third-order valence-corrected chi connectivity index (χ3v) is 11.0. The van der Waals surface area contributed by atoms with Gasteiger partial charge in [-0.05, 0) is 93.2 Å². The molecule has 4 aliphatic rings. The molecule has 1 aliphatic heterocycles. The molecule has 0 radical (unpaired) electrons. The van der Waals surface area contributed by atoms with Crippen molar-refractivity contribution in [2.45, 2.75) is 57.7 Å². The fourth-order valence-electron chi connectivity index (χ4n) is 9.23. The molecule has 2 unspecified atom stereocenters. The topological polar surface area (TPSA) is 168 Å². The lowest BCUT2D eigenvalue weighted by Gasteiger charge is -2.61. The van der Waals surface area contributed by atoms with Gasteiger partial charge in [0.15, 0.2) is 34.7 Å². The van der Waals surface area contributed by atoms with Gasteiger partial charge in [0.1, 0.15) is 11.5 Å². The molecule has 2 aromatic carbocycles. The molecule has 2 aromatic rings. The average molecular weight is 632 g/mol. The number of Topliss-reactive ketones (excluding diaryl/α,β-unsaturated/α-hetero) is 4. The zero-order valence-corrected chi connectivity index (χ0v) is 26.9. The summed E-state index contributed by atoms with van der Waals surface area (Å²) < 4.78 is 5.75. The summed E-state index contributed by atoms with van der Waals surface area (Å²) in [6.45, 7) is 6.03. The number of ether oxygens (including phenoxy) is 1. The van der Waals surface area contributed by atoms with Crippen molar-refractivity contribution in [3.05, 3.63) is 47.0 Å². The van der Waals surface area contributed by atoms with Crippen molar-refractivity contribution in [1.29, 1.82) is 0 Å². The minimum Gasteiger partial charge on any atom is -0.507 e. The van der Waals surface area contributed by atoms with E-state index in [1.807, 2.05) is 18.2 Å². The number of aromatic hydroxyl groups is 1. The number of nitrogens with zero attached hydrogens (tertiary/aromatic N) is 2. The zero-order valence-electron chi connectivity index (χ0n) is 26.9. The van der Waals surface area contributed by atoms with Crippen LogP contribution in [-0.4, -0.2) is 95.0 Å². The first-order valence-electron chi connectivity index (χ1n) is 15.7. The number of aliphatic hydroxyl groups is 1. The number of likely N-dealkylation sites (tertiary alicyclic amines) is 1. The van der Waals surface area contributed by atoms with E-state index in [1.165, 1.54) is 17.9 Å². The van der Waals surface area contributed by atoms with Crippen LogP contribution in [0.25, 0.3) is 11.1 Å². The molecule has 3 aliphatic carbocycles. The Balaban J connectivity index is 1.52. The average Bonchev–Trinajstić information content (AvgIpc) is 3.48. The van der Waals surface area contributed by atoms with Crippen LogP contribution in [0.5, 0.6) is 11.5 Å². The Bertz CT molecular complexity index is 1700. The summed E-state index contributed by atoms with van der Waals surface area (Å²) in [5.41, 5.74) is 2.69. The summed E-state index contributed by atoms with van der Waals surface area (Å²) >= 11 is 0. The van der Waals surface area contributed by atoms with Crippen LogP contribution in [-0.2, 0) is 32.1 Å². The Morgan fingerprint density at radius 1 is 1.04 bits per heavy atom. The number of carbonyl (C=O) groups is 5. The minimum absolute atomic E-state index is 0.0533. The Morgan fingerprint density at radius 3 is 2.33 bits per heavy atom. The Kier molecular flexibility index (Phi) is 7.53. The normalized spacial score (nSPS) is 32.7. The Hall–Kier alpha value is -3.93. The highest BCUT2D eigenvalue weighted by Gasteiger charge is 2.76. The molecule has 0 aromatic heterocycles. The van der Waals surface area contributed by atoms with E-state index in [-0.39, 0.29) is 24.2 Å². The van der Waals surface area contributed by atoms with E-state index in [2.05, 4.69) is 4.90 Å². The largest absolute Gasteiger partial charge is 0.507 e. The van der Waals surface area contributed by atoms with Crippen molar-refractivity contribution < 1.29 is 38.9 Å². The number of benzene rings is 2. The van der Waals surface area contributed by atoms with Gasteiger partial charge in [0.25, 0.3) is 0 Å². The predicted octanol–water partition coefficient (Wildman–Crippen LogP) is 1.92. The number of hydrogen-bond acceptors (Lipinski definition) is 10. The quantitative estimate of drug-likeness (QED) is 0.401. The molecule has 3 fully saturated rings. The predicted molar refractivity (Wildman–Crippen MR) is 167 cm³/mol. The van der Waals surface area contributed by atoms with Gasteiger partial charge < -0.3 is 20.7 Å². The van der Waals surface area contributed by atoms with Gasteiger partial charge in [0.2, 0.25) is 5.91 Å². The summed E-state index contributed by atoms with van der Waals surface area (Å²) in [4.78, 5) is 72.6. The van der Waals surface area contributed by atoms with Crippen LogP contribution in [0.2, 0.25) is 0 Å². The van der Waals surface area contributed by atoms with Crippen LogP contribution >= 0.6 is 0 Å². The van der Waals surface area contributed by atoms with Crippen molar-refractivity contribution in [3.8, 4) is 22.6 Å². The van der Waals surface area contributed by atoms with E-state index in [0.717, 1.165) is 43.6 Å². The van der Waals surface area contributed by atoms with Gasteiger partial charge in [-0.15, -0.1) is 0 Å².